The molecule has 102 valence electrons. The van der Waals surface area contributed by atoms with Gasteiger partial charge < -0.3 is 5.32 Å². The van der Waals surface area contributed by atoms with Crippen molar-refractivity contribution in [3.05, 3.63) is 33.0 Å². The number of hydrogen-bond acceptors (Lipinski definition) is 4. The molecular formula is C14H20N4S. The van der Waals surface area contributed by atoms with E-state index in [0.29, 0.717) is 6.04 Å². The van der Waals surface area contributed by atoms with Crippen LogP contribution in [0.5, 0.6) is 0 Å². The highest BCUT2D eigenvalue weighted by molar-refractivity contribution is 7.11. The van der Waals surface area contributed by atoms with Gasteiger partial charge in [0, 0.05) is 35.8 Å². The number of aryl methyl sites for hydroxylation is 3. The Morgan fingerprint density at radius 2 is 2.32 bits per heavy atom. The zero-order chi connectivity index (χ0) is 13.4. The minimum Gasteiger partial charge on any atom is -0.305 e. The lowest BCUT2D eigenvalue weighted by Crippen LogP contribution is -2.24. The van der Waals surface area contributed by atoms with Crippen LogP contribution in [-0.2, 0) is 20.0 Å². The Hall–Kier alpha value is -1.20. The fourth-order valence-corrected chi connectivity index (χ4v) is 3.76. The minimum atomic E-state index is 0.444. The van der Waals surface area contributed by atoms with Gasteiger partial charge in [0.2, 0.25) is 0 Å². The molecule has 0 saturated carbocycles. The van der Waals surface area contributed by atoms with Crippen LogP contribution in [-0.4, -0.2) is 14.8 Å². The fraction of sp³-hybridized carbons (Fsp3) is 0.571. The third kappa shape index (κ3) is 2.44. The summed E-state index contributed by atoms with van der Waals surface area (Å²) in [6.45, 7) is 5.08. The van der Waals surface area contributed by atoms with Crippen LogP contribution in [0.1, 0.15) is 45.7 Å². The molecule has 0 aliphatic heterocycles. The van der Waals surface area contributed by atoms with E-state index in [0.717, 1.165) is 23.7 Å². The summed E-state index contributed by atoms with van der Waals surface area (Å²) in [5.74, 6) is 0. The van der Waals surface area contributed by atoms with Gasteiger partial charge >= 0.3 is 0 Å². The number of hydrogen-bond donors (Lipinski definition) is 1. The molecule has 0 spiro atoms. The normalized spacial score (nSPS) is 18.6. The Balaban J connectivity index is 1.73. The predicted octanol–water partition coefficient (Wildman–Crippen LogP) is 2.66. The molecule has 1 aliphatic rings. The van der Waals surface area contributed by atoms with E-state index in [1.165, 1.54) is 29.0 Å². The van der Waals surface area contributed by atoms with Gasteiger partial charge in [-0.05, 0) is 33.1 Å². The van der Waals surface area contributed by atoms with E-state index >= 15 is 0 Å². The van der Waals surface area contributed by atoms with Crippen molar-refractivity contribution in [2.24, 2.45) is 7.05 Å². The second kappa shape index (κ2) is 5.06. The SMILES string of the molecule is Cc1nc(C)c(CNC2CCCc3c2cnn3C)s1. The molecular weight excluding hydrogens is 256 g/mol. The molecule has 1 aliphatic carbocycles. The van der Waals surface area contributed by atoms with E-state index in [-0.39, 0.29) is 0 Å². The van der Waals surface area contributed by atoms with Gasteiger partial charge in [0.05, 0.1) is 16.9 Å². The Kier molecular flexibility index (Phi) is 3.41. The van der Waals surface area contributed by atoms with Gasteiger partial charge in [0.15, 0.2) is 0 Å². The second-order valence-electron chi connectivity index (χ2n) is 5.24. The largest absolute Gasteiger partial charge is 0.305 e. The summed E-state index contributed by atoms with van der Waals surface area (Å²) in [6, 6.07) is 0.444. The van der Waals surface area contributed by atoms with E-state index in [2.05, 4.69) is 29.2 Å². The van der Waals surface area contributed by atoms with E-state index in [4.69, 9.17) is 0 Å². The molecule has 1 unspecified atom stereocenters. The smallest absolute Gasteiger partial charge is 0.0900 e. The standard InChI is InChI=1S/C14H20N4S/c1-9-14(19-10(2)17-9)8-15-12-5-4-6-13-11(12)7-16-18(13)3/h7,12,15H,4-6,8H2,1-3H3. The zero-order valence-corrected chi connectivity index (χ0v) is 12.5. The van der Waals surface area contributed by atoms with Crippen molar-refractivity contribution in [1.29, 1.82) is 0 Å². The molecule has 4 nitrogen and oxygen atoms in total. The maximum Gasteiger partial charge on any atom is 0.0900 e. The molecule has 0 radical (unpaired) electrons. The van der Waals surface area contributed by atoms with Gasteiger partial charge in [-0.15, -0.1) is 11.3 Å². The average molecular weight is 276 g/mol. The molecule has 2 aromatic rings. The van der Waals surface area contributed by atoms with Crippen LogP contribution in [0.4, 0.5) is 0 Å². The van der Waals surface area contributed by atoms with Crippen LogP contribution in [0.2, 0.25) is 0 Å². The Morgan fingerprint density at radius 1 is 1.47 bits per heavy atom. The van der Waals surface area contributed by atoms with Crippen LogP contribution in [0, 0.1) is 13.8 Å². The van der Waals surface area contributed by atoms with E-state index in [9.17, 15) is 0 Å². The van der Waals surface area contributed by atoms with Gasteiger partial charge in [-0.3, -0.25) is 4.68 Å². The molecule has 0 aromatic carbocycles. The van der Waals surface area contributed by atoms with Crippen molar-refractivity contribution >= 4 is 11.3 Å². The van der Waals surface area contributed by atoms with Crippen molar-refractivity contribution in [2.75, 3.05) is 0 Å². The summed E-state index contributed by atoms with van der Waals surface area (Å²) in [5.41, 5.74) is 3.94. The topological polar surface area (TPSA) is 42.7 Å². The third-order valence-electron chi connectivity index (χ3n) is 3.88. The minimum absolute atomic E-state index is 0.444. The quantitative estimate of drug-likeness (QED) is 0.937. The Bertz CT molecular complexity index is 584. The molecule has 0 saturated heterocycles. The number of nitrogens with one attached hydrogen (secondary N) is 1. The van der Waals surface area contributed by atoms with Crippen LogP contribution in [0.25, 0.3) is 0 Å². The average Bonchev–Trinajstić information content (AvgIpc) is 2.91. The number of rotatable bonds is 3. The van der Waals surface area contributed by atoms with Crippen LogP contribution < -0.4 is 5.32 Å². The molecule has 0 fully saturated rings. The van der Waals surface area contributed by atoms with Gasteiger partial charge in [0.25, 0.3) is 0 Å². The summed E-state index contributed by atoms with van der Waals surface area (Å²) < 4.78 is 2.02. The summed E-state index contributed by atoms with van der Waals surface area (Å²) in [4.78, 5) is 5.84. The Labute approximate surface area is 117 Å². The number of aromatic nitrogens is 3. The number of thiazole rings is 1. The van der Waals surface area contributed by atoms with Crippen LogP contribution in [0.3, 0.4) is 0 Å². The number of fused-ring (bicyclic) bond motifs is 1. The molecule has 1 atom stereocenters. The van der Waals surface area contributed by atoms with E-state index < -0.39 is 0 Å². The highest BCUT2D eigenvalue weighted by atomic mass is 32.1. The van der Waals surface area contributed by atoms with E-state index in [1.54, 1.807) is 11.3 Å². The predicted molar refractivity (Wildman–Crippen MR) is 77.3 cm³/mol. The van der Waals surface area contributed by atoms with Crippen molar-refractivity contribution in [1.82, 2.24) is 20.1 Å². The van der Waals surface area contributed by atoms with Gasteiger partial charge in [-0.25, -0.2) is 4.98 Å². The summed E-state index contributed by atoms with van der Waals surface area (Å²) >= 11 is 1.79. The molecule has 0 bridgehead atoms. The molecule has 2 heterocycles. The molecule has 19 heavy (non-hydrogen) atoms. The first-order valence-corrected chi connectivity index (χ1v) is 7.64. The zero-order valence-electron chi connectivity index (χ0n) is 11.7. The third-order valence-corrected chi connectivity index (χ3v) is 4.96. The van der Waals surface area contributed by atoms with Crippen molar-refractivity contribution < 1.29 is 0 Å². The number of nitrogens with zero attached hydrogens (tertiary/aromatic N) is 3. The molecule has 5 heteroatoms. The monoisotopic (exact) mass is 276 g/mol. The van der Waals surface area contributed by atoms with Gasteiger partial charge in [-0.1, -0.05) is 0 Å². The van der Waals surface area contributed by atoms with Crippen LogP contribution in [0.15, 0.2) is 6.20 Å². The van der Waals surface area contributed by atoms with Gasteiger partial charge in [0.1, 0.15) is 0 Å². The molecule has 1 N–H and O–H groups in total. The molecule has 2 aromatic heterocycles. The maximum atomic E-state index is 4.49. The highest BCUT2D eigenvalue weighted by Crippen LogP contribution is 2.29. The second-order valence-corrected chi connectivity index (χ2v) is 6.53. The summed E-state index contributed by atoms with van der Waals surface area (Å²) in [6.07, 6.45) is 5.63. The van der Waals surface area contributed by atoms with Crippen molar-refractivity contribution in [2.45, 2.75) is 45.7 Å². The van der Waals surface area contributed by atoms with E-state index in [1.807, 2.05) is 17.9 Å². The Morgan fingerprint density at radius 3 is 3.05 bits per heavy atom. The maximum absolute atomic E-state index is 4.49. The highest BCUT2D eigenvalue weighted by Gasteiger charge is 2.23. The molecule has 3 rings (SSSR count). The lowest BCUT2D eigenvalue weighted by Gasteiger charge is -2.23. The van der Waals surface area contributed by atoms with Crippen molar-refractivity contribution in [3.8, 4) is 0 Å². The first-order chi connectivity index (χ1) is 9.15. The van der Waals surface area contributed by atoms with Crippen molar-refractivity contribution in [3.63, 3.8) is 0 Å². The summed E-state index contributed by atoms with van der Waals surface area (Å²) in [5, 5.41) is 9.22. The first kappa shape index (κ1) is 12.8. The fourth-order valence-electron chi connectivity index (χ4n) is 2.87. The van der Waals surface area contributed by atoms with Crippen LogP contribution >= 0.6 is 11.3 Å². The van der Waals surface area contributed by atoms with Gasteiger partial charge in [-0.2, -0.15) is 5.10 Å². The lowest BCUT2D eigenvalue weighted by atomic mass is 9.93. The lowest BCUT2D eigenvalue weighted by molar-refractivity contribution is 0.453. The summed E-state index contributed by atoms with van der Waals surface area (Å²) in [7, 11) is 2.04. The molecule has 0 amide bonds. The first-order valence-electron chi connectivity index (χ1n) is 6.82.